The van der Waals surface area contributed by atoms with E-state index in [2.05, 4.69) is 9.53 Å². The number of hydrogen-bond acceptors (Lipinski definition) is 2. The number of nitrogens with zero attached hydrogens (tertiary/aromatic N) is 2. The van der Waals surface area contributed by atoms with Gasteiger partial charge in [0.15, 0.2) is 0 Å². The van der Waals surface area contributed by atoms with Crippen molar-refractivity contribution in [2.75, 3.05) is 6.61 Å². The van der Waals surface area contributed by atoms with Crippen LogP contribution < -0.4 is 0 Å². The number of esters is 1. The third kappa shape index (κ3) is 6.74. The minimum absolute atomic E-state index is 0.196. The molecule has 4 heteroatoms. The van der Waals surface area contributed by atoms with Gasteiger partial charge in [-0.05, 0) is 13.3 Å². The lowest BCUT2D eigenvalue weighted by molar-refractivity contribution is -0.143. The molecule has 0 bridgehead atoms. The van der Waals surface area contributed by atoms with Gasteiger partial charge in [0.25, 0.3) is 6.21 Å². The molecule has 11 heavy (non-hydrogen) atoms. The average molecular weight is 156 g/mol. The molecule has 62 valence electrons. The van der Waals surface area contributed by atoms with Gasteiger partial charge in [0.1, 0.15) is 0 Å². The summed E-state index contributed by atoms with van der Waals surface area (Å²) in [5, 5.41) is 0. The summed E-state index contributed by atoms with van der Waals surface area (Å²) >= 11 is 0. The first-order valence-corrected chi connectivity index (χ1v) is 3.62. The van der Waals surface area contributed by atoms with Crippen molar-refractivity contribution in [1.29, 1.82) is 0 Å². The molecular formula is C7H12N2O2. The van der Waals surface area contributed by atoms with Crippen LogP contribution in [-0.2, 0) is 9.53 Å². The summed E-state index contributed by atoms with van der Waals surface area (Å²) in [6.45, 7) is 2.19. The van der Waals surface area contributed by atoms with Gasteiger partial charge in [-0.25, -0.2) is 0 Å². The smallest absolute Gasteiger partial charge is 0.305 e. The normalized spacial score (nSPS) is 8.45. The average Bonchev–Trinajstić information content (AvgIpc) is 1.99. The Morgan fingerprint density at radius 1 is 1.73 bits per heavy atom. The Bertz CT molecular complexity index is 162. The van der Waals surface area contributed by atoms with E-state index in [1.807, 2.05) is 0 Å². The van der Waals surface area contributed by atoms with E-state index in [0.717, 1.165) is 0 Å². The summed E-state index contributed by atoms with van der Waals surface area (Å²) in [5.41, 5.74) is 7.99. The predicted octanol–water partition coefficient (Wildman–Crippen LogP) is 1.02. The number of carbonyl (C=O) groups is 1. The fourth-order valence-electron chi connectivity index (χ4n) is 0.629. The van der Waals surface area contributed by atoms with Crippen LogP contribution in [0.2, 0.25) is 0 Å². The molecular weight excluding hydrogens is 144 g/mol. The Balaban J connectivity index is 3.23. The quantitative estimate of drug-likeness (QED) is 0.196. The third-order valence-electron chi connectivity index (χ3n) is 1.10. The van der Waals surface area contributed by atoms with Crippen molar-refractivity contribution in [3.63, 3.8) is 0 Å². The van der Waals surface area contributed by atoms with E-state index in [4.69, 9.17) is 5.53 Å². The SMILES string of the molecule is CCOC(=O)CCCC=[N+]=[N-]. The molecule has 4 nitrogen and oxygen atoms in total. The fourth-order valence-corrected chi connectivity index (χ4v) is 0.629. The molecule has 0 aliphatic rings. The first kappa shape index (κ1) is 9.85. The van der Waals surface area contributed by atoms with Crippen LogP contribution in [0.4, 0.5) is 0 Å². The Hall–Kier alpha value is -1.15. The topological polar surface area (TPSA) is 62.7 Å². The van der Waals surface area contributed by atoms with Crippen molar-refractivity contribution in [2.45, 2.75) is 26.2 Å². The van der Waals surface area contributed by atoms with Gasteiger partial charge in [0.05, 0.1) is 6.61 Å². The van der Waals surface area contributed by atoms with Crippen molar-refractivity contribution in [1.82, 2.24) is 0 Å². The van der Waals surface area contributed by atoms with Crippen LogP contribution in [0.25, 0.3) is 5.53 Å². The Morgan fingerprint density at radius 2 is 2.45 bits per heavy atom. The Morgan fingerprint density at radius 3 is 3.00 bits per heavy atom. The zero-order valence-corrected chi connectivity index (χ0v) is 6.62. The van der Waals surface area contributed by atoms with Gasteiger partial charge in [-0.1, -0.05) is 0 Å². The van der Waals surface area contributed by atoms with Crippen LogP contribution in [0.5, 0.6) is 0 Å². The van der Waals surface area contributed by atoms with Gasteiger partial charge in [0, 0.05) is 12.8 Å². The van der Waals surface area contributed by atoms with Crippen LogP contribution in [0.1, 0.15) is 26.2 Å². The van der Waals surface area contributed by atoms with Crippen LogP contribution >= 0.6 is 0 Å². The van der Waals surface area contributed by atoms with Crippen molar-refractivity contribution >= 4 is 12.2 Å². The molecule has 0 N–H and O–H groups in total. The van der Waals surface area contributed by atoms with Crippen molar-refractivity contribution in [3.8, 4) is 0 Å². The minimum atomic E-state index is -0.196. The number of unbranched alkanes of at least 4 members (excludes halogenated alkanes) is 1. The lowest BCUT2D eigenvalue weighted by Gasteiger charge is -1.97. The number of hydrogen-bond donors (Lipinski definition) is 0. The number of carbonyl (C=O) groups excluding carboxylic acids is 1. The van der Waals surface area contributed by atoms with Crippen molar-refractivity contribution in [3.05, 3.63) is 5.53 Å². The highest BCUT2D eigenvalue weighted by Crippen LogP contribution is 1.94. The minimum Gasteiger partial charge on any atom is -0.466 e. The molecule has 0 unspecified atom stereocenters. The molecule has 0 aliphatic heterocycles. The van der Waals surface area contributed by atoms with Gasteiger partial charge < -0.3 is 10.3 Å². The van der Waals surface area contributed by atoms with Crippen LogP contribution in [0.3, 0.4) is 0 Å². The van der Waals surface area contributed by atoms with Gasteiger partial charge in [0.2, 0.25) is 0 Å². The van der Waals surface area contributed by atoms with E-state index in [-0.39, 0.29) is 5.97 Å². The second-order valence-corrected chi connectivity index (χ2v) is 2.00. The molecule has 0 heterocycles. The number of rotatable bonds is 5. The highest BCUT2D eigenvalue weighted by atomic mass is 16.5. The molecule has 0 aromatic heterocycles. The second-order valence-electron chi connectivity index (χ2n) is 2.00. The molecule has 0 radical (unpaired) electrons. The van der Waals surface area contributed by atoms with Gasteiger partial charge in [-0.15, -0.1) is 0 Å². The molecule has 0 fully saturated rings. The lowest BCUT2D eigenvalue weighted by Crippen LogP contribution is -2.03. The highest BCUT2D eigenvalue weighted by Gasteiger charge is 1.99. The monoisotopic (exact) mass is 156 g/mol. The van der Waals surface area contributed by atoms with E-state index in [1.165, 1.54) is 6.21 Å². The molecule has 0 rings (SSSR count). The molecule has 0 atom stereocenters. The molecule has 0 aromatic rings. The molecule has 0 saturated heterocycles. The molecule has 0 aliphatic carbocycles. The summed E-state index contributed by atoms with van der Waals surface area (Å²) in [4.78, 5) is 13.5. The zero-order chi connectivity index (χ0) is 8.53. The summed E-state index contributed by atoms with van der Waals surface area (Å²) in [7, 11) is 0. The maximum Gasteiger partial charge on any atom is 0.305 e. The van der Waals surface area contributed by atoms with Crippen LogP contribution in [-0.4, -0.2) is 23.6 Å². The first-order chi connectivity index (χ1) is 5.31. The van der Waals surface area contributed by atoms with E-state index >= 15 is 0 Å². The maximum atomic E-state index is 10.7. The van der Waals surface area contributed by atoms with Crippen LogP contribution in [0, 0.1) is 0 Å². The largest absolute Gasteiger partial charge is 0.466 e. The number of ether oxygens (including phenoxy) is 1. The zero-order valence-electron chi connectivity index (χ0n) is 6.62. The molecule has 0 saturated carbocycles. The standard InChI is InChI=1S/C7H12N2O2/c1-2-11-7(10)5-3-4-6-9-8/h6H,2-5H2,1H3. The summed E-state index contributed by atoms with van der Waals surface area (Å²) in [6, 6.07) is 0. The van der Waals surface area contributed by atoms with Gasteiger partial charge >= 0.3 is 5.97 Å². The second kappa shape index (κ2) is 6.96. The van der Waals surface area contributed by atoms with E-state index < -0.39 is 0 Å². The molecule has 0 amide bonds. The van der Waals surface area contributed by atoms with Crippen molar-refractivity contribution < 1.29 is 14.3 Å². The molecule has 0 spiro atoms. The first-order valence-electron chi connectivity index (χ1n) is 3.62. The predicted molar refractivity (Wildman–Crippen MR) is 40.2 cm³/mol. The summed E-state index contributed by atoms with van der Waals surface area (Å²) < 4.78 is 4.68. The third-order valence-corrected chi connectivity index (χ3v) is 1.10. The van der Waals surface area contributed by atoms with E-state index in [0.29, 0.717) is 25.9 Å². The van der Waals surface area contributed by atoms with E-state index in [9.17, 15) is 4.79 Å². The molecule has 0 aromatic carbocycles. The van der Waals surface area contributed by atoms with Gasteiger partial charge in [-0.3, -0.25) is 4.79 Å². The Kier molecular flexibility index (Phi) is 6.24. The Labute approximate surface area is 65.8 Å². The lowest BCUT2D eigenvalue weighted by atomic mass is 10.2. The highest BCUT2D eigenvalue weighted by molar-refractivity contribution is 5.69. The fraction of sp³-hybridized carbons (Fsp3) is 0.714. The van der Waals surface area contributed by atoms with E-state index in [1.54, 1.807) is 6.92 Å². The van der Waals surface area contributed by atoms with Gasteiger partial charge in [-0.2, -0.15) is 4.79 Å². The maximum absolute atomic E-state index is 10.7. The van der Waals surface area contributed by atoms with Crippen LogP contribution in [0.15, 0.2) is 0 Å². The summed E-state index contributed by atoms with van der Waals surface area (Å²) in [6.07, 6.45) is 3.03. The summed E-state index contributed by atoms with van der Waals surface area (Å²) in [5.74, 6) is -0.196. The van der Waals surface area contributed by atoms with Crippen molar-refractivity contribution in [2.24, 2.45) is 0 Å².